The summed E-state index contributed by atoms with van der Waals surface area (Å²) in [5.74, 6) is 0.487. The lowest BCUT2D eigenvalue weighted by molar-refractivity contribution is 0.683. The summed E-state index contributed by atoms with van der Waals surface area (Å²) in [6.45, 7) is 2.03. The highest BCUT2D eigenvalue weighted by Gasteiger charge is 2.09. The summed E-state index contributed by atoms with van der Waals surface area (Å²) in [6, 6.07) is 13.5. The molecule has 0 aliphatic rings. The summed E-state index contributed by atoms with van der Waals surface area (Å²) in [5.41, 5.74) is 8.68. The van der Waals surface area contributed by atoms with E-state index in [0.29, 0.717) is 16.3 Å². The molecule has 0 saturated carbocycles. The molecular weight excluding hydrogens is 310 g/mol. The van der Waals surface area contributed by atoms with Gasteiger partial charge in [0.25, 0.3) is 0 Å². The number of aryl methyl sites for hydroxylation is 1. The quantitative estimate of drug-likeness (QED) is 0.876. The summed E-state index contributed by atoms with van der Waals surface area (Å²) in [6.07, 6.45) is 0. The van der Waals surface area contributed by atoms with Gasteiger partial charge in [-0.3, -0.25) is 4.21 Å². The Morgan fingerprint density at radius 1 is 1.17 bits per heavy atom. The molecule has 0 amide bonds. The lowest BCUT2D eigenvalue weighted by Crippen LogP contribution is -2.01. The minimum atomic E-state index is -1.12. The topological polar surface area (TPSA) is 43.1 Å². The van der Waals surface area contributed by atoms with Crippen molar-refractivity contribution in [3.8, 4) is 0 Å². The molecule has 0 bridgehead atoms. The Labute approximate surface area is 118 Å². The van der Waals surface area contributed by atoms with Gasteiger partial charge in [-0.2, -0.15) is 0 Å². The lowest BCUT2D eigenvalue weighted by Gasteiger charge is -2.07. The first kappa shape index (κ1) is 13.3. The number of hydrogen-bond donors (Lipinski definition) is 1. The Bertz CT molecular complexity index is 581. The zero-order valence-electron chi connectivity index (χ0n) is 10.0. The van der Waals surface area contributed by atoms with Crippen molar-refractivity contribution in [2.45, 2.75) is 17.6 Å². The fourth-order valence-corrected chi connectivity index (χ4v) is 3.37. The monoisotopic (exact) mass is 323 g/mol. The molecule has 0 heterocycles. The van der Waals surface area contributed by atoms with E-state index < -0.39 is 10.8 Å². The minimum absolute atomic E-state index is 0.487. The van der Waals surface area contributed by atoms with Crippen molar-refractivity contribution in [1.29, 1.82) is 0 Å². The molecule has 1 unspecified atom stereocenters. The first-order valence-electron chi connectivity index (χ1n) is 5.55. The fourth-order valence-electron chi connectivity index (χ4n) is 1.62. The summed E-state index contributed by atoms with van der Waals surface area (Å²) in [7, 11) is -1.12. The molecule has 2 N–H and O–H groups in total. The van der Waals surface area contributed by atoms with Crippen LogP contribution in [0.25, 0.3) is 0 Å². The van der Waals surface area contributed by atoms with Gasteiger partial charge in [0.15, 0.2) is 0 Å². The van der Waals surface area contributed by atoms with Gasteiger partial charge >= 0.3 is 0 Å². The Balaban J connectivity index is 2.21. The van der Waals surface area contributed by atoms with E-state index in [0.717, 1.165) is 10.0 Å². The highest BCUT2D eigenvalue weighted by atomic mass is 79.9. The second-order valence-electron chi connectivity index (χ2n) is 4.16. The van der Waals surface area contributed by atoms with Crippen LogP contribution < -0.4 is 5.73 Å². The zero-order valence-corrected chi connectivity index (χ0v) is 12.4. The Hall–Kier alpha value is -1.13. The van der Waals surface area contributed by atoms with Gasteiger partial charge in [0.05, 0.1) is 21.4 Å². The van der Waals surface area contributed by atoms with Gasteiger partial charge in [-0.15, -0.1) is 0 Å². The van der Waals surface area contributed by atoms with Crippen LogP contribution in [-0.4, -0.2) is 4.21 Å². The average Bonchev–Trinajstić information content (AvgIpc) is 2.35. The molecule has 1 atom stereocenters. The van der Waals surface area contributed by atoms with Crippen molar-refractivity contribution >= 4 is 32.4 Å². The second-order valence-corrected chi connectivity index (χ2v) is 6.49. The standard InChI is InChI=1S/C14H14BrNOS/c1-10-2-4-11(5-3-10)9-18(17)14-8-12(15)6-7-13(14)16/h2-8H,9,16H2,1H3. The third-order valence-electron chi connectivity index (χ3n) is 2.64. The molecule has 4 heteroatoms. The smallest absolute Gasteiger partial charge is 0.0632 e. The predicted molar refractivity (Wildman–Crippen MR) is 79.8 cm³/mol. The van der Waals surface area contributed by atoms with Gasteiger partial charge in [0.1, 0.15) is 0 Å². The van der Waals surface area contributed by atoms with E-state index in [1.807, 2.05) is 43.3 Å². The molecule has 0 spiro atoms. The average molecular weight is 324 g/mol. The fraction of sp³-hybridized carbons (Fsp3) is 0.143. The third kappa shape index (κ3) is 3.21. The van der Waals surface area contributed by atoms with E-state index >= 15 is 0 Å². The van der Waals surface area contributed by atoms with Crippen LogP contribution in [0.2, 0.25) is 0 Å². The molecule has 2 aromatic rings. The largest absolute Gasteiger partial charge is 0.398 e. The van der Waals surface area contributed by atoms with Gasteiger partial charge in [0, 0.05) is 10.2 Å². The van der Waals surface area contributed by atoms with E-state index in [1.165, 1.54) is 5.56 Å². The first-order valence-corrected chi connectivity index (χ1v) is 7.66. The van der Waals surface area contributed by atoms with Crippen LogP contribution in [0.4, 0.5) is 5.69 Å². The first-order chi connectivity index (χ1) is 8.56. The van der Waals surface area contributed by atoms with E-state index in [2.05, 4.69) is 15.9 Å². The van der Waals surface area contributed by atoms with Crippen LogP contribution in [0.15, 0.2) is 51.8 Å². The van der Waals surface area contributed by atoms with Crippen LogP contribution >= 0.6 is 15.9 Å². The number of anilines is 1. The van der Waals surface area contributed by atoms with Gasteiger partial charge < -0.3 is 5.73 Å². The van der Waals surface area contributed by atoms with Crippen LogP contribution in [-0.2, 0) is 16.6 Å². The highest BCUT2D eigenvalue weighted by molar-refractivity contribution is 9.10. The molecule has 0 aliphatic heterocycles. The number of nitrogen functional groups attached to an aromatic ring is 1. The summed E-state index contributed by atoms with van der Waals surface area (Å²) in [5, 5.41) is 0. The number of halogens is 1. The number of benzene rings is 2. The van der Waals surface area contributed by atoms with Crippen LogP contribution in [0, 0.1) is 6.92 Å². The Kier molecular flexibility index (Phi) is 4.19. The molecule has 94 valence electrons. The molecular formula is C14H14BrNOS. The molecule has 0 aromatic heterocycles. The Morgan fingerprint density at radius 2 is 1.83 bits per heavy atom. The molecule has 2 aromatic carbocycles. The van der Waals surface area contributed by atoms with Crippen molar-refractivity contribution < 1.29 is 4.21 Å². The van der Waals surface area contributed by atoms with Crippen molar-refractivity contribution in [3.63, 3.8) is 0 Å². The zero-order chi connectivity index (χ0) is 13.1. The maximum atomic E-state index is 12.3. The third-order valence-corrected chi connectivity index (χ3v) is 4.57. The SMILES string of the molecule is Cc1ccc(CS(=O)c2cc(Br)ccc2N)cc1. The van der Waals surface area contributed by atoms with Crippen molar-refractivity contribution in [2.75, 3.05) is 5.73 Å². The molecule has 2 rings (SSSR count). The number of hydrogen-bond acceptors (Lipinski definition) is 2. The number of rotatable bonds is 3. The molecule has 0 saturated heterocycles. The molecule has 0 radical (unpaired) electrons. The number of nitrogens with two attached hydrogens (primary N) is 1. The van der Waals surface area contributed by atoms with E-state index in [4.69, 9.17) is 5.73 Å². The van der Waals surface area contributed by atoms with Crippen LogP contribution in [0.3, 0.4) is 0 Å². The van der Waals surface area contributed by atoms with Crippen molar-refractivity contribution in [3.05, 3.63) is 58.1 Å². The van der Waals surface area contributed by atoms with Crippen molar-refractivity contribution in [2.24, 2.45) is 0 Å². The molecule has 0 fully saturated rings. The molecule has 0 aliphatic carbocycles. The second kappa shape index (κ2) is 5.67. The maximum absolute atomic E-state index is 12.3. The normalized spacial score (nSPS) is 12.3. The molecule has 18 heavy (non-hydrogen) atoms. The van der Waals surface area contributed by atoms with Gasteiger partial charge in [-0.25, -0.2) is 0 Å². The van der Waals surface area contributed by atoms with E-state index in [9.17, 15) is 4.21 Å². The van der Waals surface area contributed by atoms with Gasteiger partial charge in [0.2, 0.25) is 0 Å². The van der Waals surface area contributed by atoms with E-state index in [1.54, 1.807) is 6.07 Å². The lowest BCUT2D eigenvalue weighted by atomic mass is 10.2. The molecule has 2 nitrogen and oxygen atoms in total. The van der Waals surface area contributed by atoms with E-state index in [-0.39, 0.29) is 0 Å². The summed E-state index contributed by atoms with van der Waals surface area (Å²) >= 11 is 3.37. The minimum Gasteiger partial charge on any atom is -0.398 e. The van der Waals surface area contributed by atoms with Crippen LogP contribution in [0.5, 0.6) is 0 Å². The summed E-state index contributed by atoms with van der Waals surface area (Å²) in [4.78, 5) is 0.685. The Morgan fingerprint density at radius 3 is 2.50 bits per heavy atom. The van der Waals surface area contributed by atoms with Gasteiger partial charge in [-0.1, -0.05) is 45.8 Å². The highest BCUT2D eigenvalue weighted by Crippen LogP contribution is 2.23. The predicted octanol–water partition coefficient (Wildman–Crippen LogP) is 3.65. The van der Waals surface area contributed by atoms with Crippen LogP contribution in [0.1, 0.15) is 11.1 Å². The summed E-state index contributed by atoms with van der Waals surface area (Å²) < 4.78 is 13.2. The van der Waals surface area contributed by atoms with Crippen molar-refractivity contribution in [1.82, 2.24) is 0 Å². The van der Waals surface area contributed by atoms with Gasteiger partial charge in [-0.05, 0) is 30.7 Å². The maximum Gasteiger partial charge on any atom is 0.0632 e.